The van der Waals surface area contributed by atoms with Crippen molar-refractivity contribution in [2.75, 3.05) is 32.5 Å². The third kappa shape index (κ3) is 5.37. The molecule has 0 atom stereocenters. The minimum absolute atomic E-state index is 0.0610. The highest BCUT2D eigenvalue weighted by Gasteiger charge is 2.30. The molecule has 0 heterocycles. The van der Waals surface area contributed by atoms with Gasteiger partial charge in [-0.05, 0) is 28.7 Å². The van der Waals surface area contributed by atoms with E-state index in [2.05, 4.69) is 4.72 Å². The first-order chi connectivity index (χ1) is 14.3. The van der Waals surface area contributed by atoms with Gasteiger partial charge in [0.15, 0.2) is 0 Å². The zero-order chi connectivity index (χ0) is 21.7. The predicted molar refractivity (Wildman–Crippen MR) is 112 cm³/mol. The topological polar surface area (TPSA) is 113 Å². The van der Waals surface area contributed by atoms with E-state index in [0.717, 1.165) is 33.4 Å². The molecule has 30 heavy (non-hydrogen) atoms. The number of benzene rings is 2. The molecule has 2 aromatic rings. The fraction of sp³-hybridized carbons (Fsp3) is 0.333. The Balaban J connectivity index is 1.65. The molecule has 0 bridgehead atoms. The van der Waals surface area contributed by atoms with Crippen LogP contribution in [0.1, 0.15) is 23.5 Å². The van der Waals surface area contributed by atoms with Crippen molar-refractivity contribution >= 4 is 22.1 Å². The highest BCUT2D eigenvalue weighted by atomic mass is 32.2. The third-order valence-electron chi connectivity index (χ3n) is 4.89. The standard InChI is InChI=1S/C21H24N2O6S/c1-30(27,28)22-11-6-12-23(13-20(24)25)21(26)29-14-19-17-9-4-2-7-15(17)16-8-3-5-10-18(16)19/h2-5,7-10,19,22H,6,11-14H2,1H3,(H,24,25). The summed E-state index contributed by atoms with van der Waals surface area (Å²) in [4.78, 5) is 24.8. The van der Waals surface area contributed by atoms with Crippen molar-refractivity contribution in [3.05, 3.63) is 59.7 Å². The molecule has 0 fully saturated rings. The number of ether oxygens (including phenoxy) is 1. The number of hydrogen-bond acceptors (Lipinski definition) is 5. The van der Waals surface area contributed by atoms with E-state index in [4.69, 9.17) is 9.84 Å². The summed E-state index contributed by atoms with van der Waals surface area (Å²) in [5.41, 5.74) is 4.33. The number of carboxylic acids is 1. The molecule has 0 saturated heterocycles. The van der Waals surface area contributed by atoms with Crippen LogP contribution in [0.5, 0.6) is 0 Å². The molecule has 0 unspecified atom stereocenters. The summed E-state index contributed by atoms with van der Waals surface area (Å²) in [7, 11) is -3.34. The van der Waals surface area contributed by atoms with E-state index in [1.807, 2.05) is 48.5 Å². The van der Waals surface area contributed by atoms with Crippen molar-refractivity contribution in [3.63, 3.8) is 0 Å². The minimum Gasteiger partial charge on any atom is -0.480 e. The lowest BCUT2D eigenvalue weighted by molar-refractivity contribution is -0.138. The average molecular weight is 432 g/mol. The van der Waals surface area contributed by atoms with Gasteiger partial charge >= 0.3 is 12.1 Å². The van der Waals surface area contributed by atoms with E-state index < -0.39 is 28.6 Å². The highest BCUT2D eigenvalue weighted by molar-refractivity contribution is 7.88. The quantitative estimate of drug-likeness (QED) is 0.588. The van der Waals surface area contributed by atoms with Crippen LogP contribution in [0.2, 0.25) is 0 Å². The first kappa shape index (κ1) is 21.8. The number of nitrogens with one attached hydrogen (secondary N) is 1. The van der Waals surface area contributed by atoms with Gasteiger partial charge in [0, 0.05) is 19.0 Å². The predicted octanol–water partition coefficient (Wildman–Crippen LogP) is 2.26. The van der Waals surface area contributed by atoms with Gasteiger partial charge in [0.1, 0.15) is 13.2 Å². The molecule has 0 spiro atoms. The van der Waals surface area contributed by atoms with Crippen molar-refractivity contribution in [1.82, 2.24) is 9.62 Å². The van der Waals surface area contributed by atoms with Crippen molar-refractivity contribution in [2.24, 2.45) is 0 Å². The van der Waals surface area contributed by atoms with Gasteiger partial charge in [0.2, 0.25) is 10.0 Å². The zero-order valence-corrected chi connectivity index (χ0v) is 17.4. The van der Waals surface area contributed by atoms with Crippen molar-refractivity contribution < 1.29 is 27.9 Å². The number of carbonyl (C=O) groups excluding carboxylic acids is 1. The molecule has 9 heteroatoms. The van der Waals surface area contributed by atoms with Crippen molar-refractivity contribution in [2.45, 2.75) is 12.3 Å². The van der Waals surface area contributed by atoms with Crippen LogP contribution >= 0.6 is 0 Å². The fourth-order valence-corrected chi connectivity index (χ4v) is 4.13. The summed E-state index contributed by atoms with van der Waals surface area (Å²) >= 11 is 0. The van der Waals surface area contributed by atoms with Crippen LogP contribution in [0, 0.1) is 0 Å². The number of rotatable bonds is 9. The number of nitrogens with zero attached hydrogens (tertiary/aromatic N) is 1. The Hall–Kier alpha value is -2.91. The Bertz CT molecular complexity index is 992. The molecule has 3 rings (SSSR count). The highest BCUT2D eigenvalue weighted by Crippen LogP contribution is 2.44. The van der Waals surface area contributed by atoms with E-state index in [1.165, 1.54) is 0 Å². The number of fused-ring (bicyclic) bond motifs is 3. The first-order valence-electron chi connectivity index (χ1n) is 9.52. The summed E-state index contributed by atoms with van der Waals surface area (Å²) in [6.07, 6.45) is 0.566. The number of hydrogen-bond donors (Lipinski definition) is 2. The second-order valence-electron chi connectivity index (χ2n) is 7.14. The van der Waals surface area contributed by atoms with E-state index in [0.29, 0.717) is 0 Å². The van der Waals surface area contributed by atoms with Gasteiger partial charge in [-0.2, -0.15) is 0 Å². The van der Waals surface area contributed by atoms with Crippen LogP contribution in [0.15, 0.2) is 48.5 Å². The van der Waals surface area contributed by atoms with Crippen LogP contribution in [0.3, 0.4) is 0 Å². The number of carbonyl (C=O) groups is 2. The van der Waals surface area contributed by atoms with E-state index in [9.17, 15) is 18.0 Å². The van der Waals surface area contributed by atoms with Gasteiger partial charge < -0.3 is 9.84 Å². The first-order valence-corrected chi connectivity index (χ1v) is 11.4. The summed E-state index contributed by atoms with van der Waals surface area (Å²) < 4.78 is 30.1. The molecule has 2 N–H and O–H groups in total. The van der Waals surface area contributed by atoms with Crippen LogP contribution in [0.25, 0.3) is 11.1 Å². The zero-order valence-electron chi connectivity index (χ0n) is 16.6. The summed E-state index contributed by atoms with van der Waals surface area (Å²) in [5.74, 6) is -1.29. The summed E-state index contributed by atoms with van der Waals surface area (Å²) in [6, 6.07) is 15.9. The molecule has 2 aromatic carbocycles. The molecule has 0 saturated carbocycles. The minimum atomic E-state index is -3.34. The SMILES string of the molecule is CS(=O)(=O)NCCCN(CC(=O)O)C(=O)OCC1c2ccccc2-c2ccccc21. The molecule has 8 nitrogen and oxygen atoms in total. The number of amides is 1. The van der Waals surface area contributed by atoms with Crippen LogP contribution in [0.4, 0.5) is 4.79 Å². The maximum Gasteiger partial charge on any atom is 0.410 e. The van der Waals surface area contributed by atoms with E-state index >= 15 is 0 Å². The lowest BCUT2D eigenvalue weighted by Crippen LogP contribution is -2.38. The van der Waals surface area contributed by atoms with Crippen molar-refractivity contribution in [3.8, 4) is 11.1 Å². The van der Waals surface area contributed by atoms with Gasteiger partial charge in [-0.25, -0.2) is 17.9 Å². The van der Waals surface area contributed by atoms with Gasteiger partial charge in [-0.3, -0.25) is 9.69 Å². The van der Waals surface area contributed by atoms with Crippen LogP contribution in [-0.4, -0.2) is 63.0 Å². The van der Waals surface area contributed by atoms with Gasteiger partial charge in [-0.1, -0.05) is 48.5 Å². The second kappa shape index (κ2) is 9.27. The molecule has 1 amide bonds. The molecule has 1 aliphatic rings. The molecular weight excluding hydrogens is 408 g/mol. The lowest BCUT2D eigenvalue weighted by atomic mass is 9.98. The number of sulfonamides is 1. The smallest absolute Gasteiger partial charge is 0.410 e. The molecule has 1 aliphatic carbocycles. The number of carboxylic acid groups (broad SMARTS) is 1. The molecule has 0 aliphatic heterocycles. The monoisotopic (exact) mass is 432 g/mol. The van der Waals surface area contributed by atoms with E-state index in [1.54, 1.807) is 0 Å². The Morgan fingerprint density at radius 1 is 1.07 bits per heavy atom. The summed E-state index contributed by atoms with van der Waals surface area (Å²) in [6.45, 7) is -0.267. The maximum atomic E-state index is 12.6. The van der Waals surface area contributed by atoms with Gasteiger partial charge in [-0.15, -0.1) is 0 Å². The second-order valence-corrected chi connectivity index (χ2v) is 8.97. The number of aliphatic carboxylic acids is 1. The Morgan fingerprint density at radius 2 is 1.63 bits per heavy atom. The largest absolute Gasteiger partial charge is 0.480 e. The van der Waals surface area contributed by atoms with Crippen LogP contribution < -0.4 is 4.72 Å². The maximum absolute atomic E-state index is 12.6. The molecule has 160 valence electrons. The Morgan fingerprint density at radius 3 is 2.17 bits per heavy atom. The Kier molecular flexibility index (Phi) is 6.73. The molecule has 0 aromatic heterocycles. The lowest BCUT2D eigenvalue weighted by Gasteiger charge is -2.22. The summed E-state index contributed by atoms with van der Waals surface area (Å²) in [5, 5.41) is 9.10. The average Bonchev–Trinajstić information content (AvgIpc) is 3.01. The fourth-order valence-electron chi connectivity index (χ4n) is 3.61. The van der Waals surface area contributed by atoms with Gasteiger partial charge in [0.25, 0.3) is 0 Å². The Labute approximate surface area is 175 Å². The molecular formula is C21H24N2O6S. The van der Waals surface area contributed by atoms with Crippen LogP contribution in [-0.2, 0) is 19.6 Å². The van der Waals surface area contributed by atoms with Crippen molar-refractivity contribution in [1.29, 1.82) is 0 Å². The van der Waals surface area contributed by atoms with Gasteiger partial charge in [0.05, 0.1) is 6.26 Å². The molecule has 0 radical (unpaired) electrons. The third-order valence-corrected chi connectivity index (χ3v) is 5.62. The van der Waals surface area contributed by atoms with E-state index in [-0.39, 0.29) is 32.0 Å². The normalized spacial score (nSPS) is 12.8.